The summed E-state index contributed by atoms with van der Waals surface area (Å²) in [5, 5.41) is 0. The minimum Gasteiger partial charge on any atom is -0.328 e. The molecule has 0 aromatic carbocycles. The van der Waals surface area contributed by atoms with Gasteiger partial charge in [0.25, 0.3) is 0 Å². The van der Waals surface area contributed by atoms with Crippen LogP contribution in [-0.4, -0.2) is 29.6 Å². The summed E-state index contributed by atoms with van der Waals surface area (Å²) in [4.78, 5) is 2.78. The highest BCUT2D eigenvalue weighted by Gasteiger charge is 2.41. The summed E-state index contributed by atoms with van der Waals surface area (Å²) in [5.74, 6) is 1.05. The maximum atomic E-state index is 6.04. The van der Waals surface area contributed by atoms with Crippen molar-refractivity contribution in [2.45, 2.75) is 56.7 Å². The van der Waals surface area contributed by atoms with Crippen molar-refractivity contribution in [1.29, 1.82) is 0 Å². The van der Waals surface area contributed by atoms with E-state index in [9.17, 15) is 0 Å². The highest BCUT2D eigenvalue weighted by atomic mass is 15.2. The predicted octanol–water partition coefficient (Wildman–Crippen LogP) is 1.35. The molecule has 3 aliphatic rings. The first kappa shape index (κ1) is 8.25. The van der Waals surface area contributed by atoms with Gasteiger partial charge in [-0.3, -0.25) is 4.90 Å². The van der Waals surface area contributed by atoms with E-state index in [2.05, 4.69) is 4.90 Å². The molecule has 2 nitrogen and oxygen atoms in total. The molecule has 0 spiro atoms. The van der Waals surface area contributed by atoms with Gasteiger partial charge in [0.1, 0.15) is 0 Å². The molecule has 0 aromatic heterocycles. The molecule has 2 bridgehead atoms. The molecule has 2 N–H and O–H groups in total. The van der Waals surface area contributed by atoms with Crippen molar-refractivity contribution in [2.24, 2.45) is 11.7 Å². The van der Waals surface area contributed by atoms with Crippen LogP contribution in [0.4, 0.5) is 0 Å². The lowest BCUT2D eigenvalue weighted by Crippen LogP contribution is -2.48. The van der Waals surface area contributed by atoms with Gasteiger partial charge in [0, 0.05) is 24.7 Å². The number of nitrogens with zero attached hydrogens (tertiary/aromatic N) is 1. The van der Waals surface area contributed by atoms with Gasteiger partial charge in [-0.2, -0.15) is 0 Å². The molecule has 74 valence electrons. The van der Waals surface area contributed by atoms with E-state index < -0.39 is 0 Å². The lowest BCUT2D eigenvalue weighted by atomic mass is 9.98. The van der Waals surface area contributed by atoms with E-state index in [-0.39, 0.29) is 0 Å². The molecule has 2 heterocycles. The van der Waals surface area contributed by atoms with Crippen LogP contribution in [0.2, 0.25) is 0 Å². The average Bonchev–Trinajstić information content (AvgIpc) is 2.83. The number of rotatable bonds is 2. The second-order valence-corrected chi connectivity index (χ2v) is 5.26. The lowest BCUT2D eigenvalue weighted by molar-refractivity contribution is 0.122. The van der Waals surface area contributed by atoms with Gasteiger partial charge < -0.3 is 5.73 Å². The highest BCUT2D eigenvalue weighted by Crippen LogP contribution is 2.39. The van der Waals surface area contributed by atoms with E-state index in [1.807, 2.05) is 0 Å². The summed E-state index contributed by atoms with van der Waals surface area (Å²) in [6, 6.07) is 2.22. The summed E-state index contributed by atoms with van der Waals surface area (Å²) in [6.45, 7) is 1.39. The minimum absolute atomic E-state index is 0.507. The third-order valence-electron chi connectivity index (χ3n) is 4.09. The predicted molar refractivity (Wildman–Crippen MR) is 53.4 cm³/mol. The van der Waals surface area contributed by atoms with Crippen LogP contribution in [0, 0.1) is 5.92 Å². The summed E-state index contributed by atoms with van der Waals surface area (Å²) in [7, 11) is 0. The molecule has 1 saturated carbocycles. The fourth-order valence-electron chi connectivity index (χ4n) is 3.21. The molecule has 0 aromatic rings. The molecule has 2 saturated heterocycles. The normalized spacial score (nSPS) is 45.5. The molecular weight excluding hydrogens is 160 g/mol. The number of hydrogen-bond acceptors (Lipinski definition) is 2. The maximum absolute atomic E-state index is 6.04. The zero-order valence-electron chi connectivity index (χ0n) is 8.28. The quantitative estimate of drug-likeness (QED) is 0.695. The van der Waals surface area contributed by atoms with Crippen LogP contribution in [0.3, 0.4) is 0 Å². The number of hydrogen-bond donors (Lipinski definition) is 1. The van der Waals surface area contributed by atoms with Gasteiger partial charge in [-0.05, 0) is 44.4 Å². The van der Waals surface area contributed by atoms with Crippen LogP contribution in [0.1, 0.15) is 38.5 Å². The van der Waals surface area contributed by atoms with Crippen molar-refractivity contribution in [1.82, 2.24) is 4.90 Å². The minimum atomic E-state index is 0.507. The smallest absolute Gasteiger partial charge is 0.0114 e. The highest BCUT2D eigenvalue weighted by molar-refractivity contribution is 4.98. The van der Waals surface area contributed by atoms with Gasteiger partial charge in [-0.15, -0.1) is 0 Å². The molecule has 2 aliphatic heterocycles. The zero-order chi connectivity index (χ0) is 8.84. The number of fused-ring (bicyclic) bond motifs is 2. The Morgan fingerprint density at radius 1 is 1.00 bits per heavy atom. The second-order valence-electron chi connectivity index (χ2n) is 5.26. The van der Waals surface area contributed by atoms with Crippen molar-refractivity contribution in [2.75, 3.05) is 6.54 Å². The Labute approximate surface area is 80.5 Å². The topological polar surface area (TPSA) is 29.3 Å². The average molecular weight is 180 g/mol. The molecule has 3 rings (SSSR count). The Kier molecular flexibility index (Phi) is 1.88. The SMILES string of the molecule is NC1C[C@@H]2CC[C@@H](C1)N2CC1CC1. The second kappa shape index (κ2) is 2.96. The molecule has 2 heteroatoms. The summed E-state index contributed by atoms with van der Waals surface area (Å²) in [5.41, 5.74) is 6.04. The van der Waals surface area contributed by atoms with E-state index in [1.165, 1.54) is 45.1 Å². The van der Waals surface area contributed by atoms with Crippen molar-refractivity contribution < 1.29 is 0 Å². The van der Waals surface area contributed by atoms with Crippen molar-refractivity contribution >= 4 is 0 Å². The van der Waals surface area contributed by atoms with E-state index in [0.29, 0.717) is 6.04 Å². The molecule has 0 amide bonds. The number of piperidine rings is 1. The van der Waals surface area contributed by atoms with Gasteiger partial charge in [-0.1, -0.05) is 0 Å². The number of nitrogens with two attached hydrogens (primary N) is 1. The van der Waals surface area contributed by atoms with Gasteiger partial charge in [0.05, 0.1) is 0 Å². The van der Waals surface area contributed by atoms with Crippen LogP contribution >= 0.6 is 0 Å². The fourth-order valence-corrected chi connectivity index (χ4v) is 3.21. The summed E-state index contributed by atoms with van der Waals surface area (Å²) in [6.07, 6.45) is 8.35. The van der Waals surface area contributed by atoms with Crippen molar-refractivity contribution in [3.05, 3.63) is 0 Å². The van der Waals surface area contributed by atoms with E-state index >= 15 is 0 Å². The van der Waals surface area contributed by atoms with Gasteiger partial charge >= 0.3 is 0 Å². The van der Waals surface area contributed by atoms with Crippen LogP contribution in [0.15, 0.2) is 0 Å². The maximum Gasteiger partial charge on any atom is 0.0114 e. The Bertz CT molecular complexity index is 186. The van der Waals surface area contributed by atoms with Gasteiger partial charge in [0.15, 0.2) is 0 Å². The Morgan fingerprint density at radius 3 is 2.15 bits per heavy atom. The first-order valence-corrected chi connectivity index (χ1v) is 5.84. The van der Waals surface area contributed by atoms with Gasteiger partial charge in [0.2, 0.25) is 0 Å². The molecular formula is C11H20N2. The van der Waals surface area contributed by atoms with Crippen LogP contribution in [0.5, 0.6) is 0 Å². The van der Waals surface area contributed by atoms with Gasteiger partial charge in [-0.25, -0.2) is 0 Å². The van der Waals surface area contributed by atoms with Crippen LogP contribution in [-0.2, 0) is 0 Å². The standard InChI is InChI=1S/C11H20N2/c12-9-5-10-3-4-11(6-9)13(10)7-8-1-2-8/h8-11H,1-7,12H2/t10-,11-/m0/s1. The lowest BCUT2D eigenvalue weighted by Gasteiger charge is -2.37. The monoisotopic (exact) mass is 180 g/mol. The third kappa shape index (κ3) is 1.50. The Balaban J connectivity index is 1.67. The molecule has 3 fully saturated rings. The van der Waals surface area contributed by atoms with E-state index in [1.54, 1.807) is 0 Å². The molecule has 0 radical (unpaired) electrons. The van der Waals surface area contributed by atoms with E-state index in [0.717, 1.165) is 18.0 Å². The van der Waals surface area contributed by atoms with Crippen LogP contribution in [0.25, 0.3) is 0 Å². The van der Waals surface area contributed by atoms with Crippen molar-refractivity contribution in [3.63, 3.8) is 0 Å². The molecule has 1 aliphatic carbocycles. The fraction of sp³-hybridized carbons (Fsp3) is 1.00. The molecule has 0 unspecified atom stereocenters. The van der Waals surface area contributed by atoms with Crippen LogP contribution < -0.4 is 5.73 Å². The Morgan fingerprint density at radius 2 is 1.62 bits per heavy atom. The Hall–Kier alpha value is -0.0800. The summed E-state index contributed by atoms with van der Waals surface area (Å²) >= 11 is 0. The first-order valence-electron chi connectivity index (χ1n) is 5.84. The third-order valence-corrected chi connectivity index (χ3v) is 4.09. The zero-order valence-corrected chi connectivity index (χ0v) is 8.28. The van der Waals surface area contributed by atoms with E-state index in [4.69, 9.17) is 5.73 Å². The first-order chi connectivity index (χ1) is 6.33. The molecule has 2 atom stereocenters. The van der Waals surface area contributed by atoms with Crippen molar-refractivity contribution in [3.8, 4) is 0 Å². The molecule has 13 heavy (non-hydrogen) atoms. The summed E-state index contributed by atoms with van der Waals surface area (Å²) < 4.78 is 0. The largest absolute Gasteiger partial charge is 0.328 e.